The maximum absolute atomic E-state index is 16.0. The second-order valence-electron chi connectivity index (χ2n) is 30.3. The van der Waals surface area contributed by atoms with Crippen LogP contribution in [0.2, 0.25) is 0 Å². The molecule has 5 aliphatic rings. The van der Waals surface area contributed by atoms with Gasteiger partial charge in [-0.15, -0.1) is 35.3 Å². The summed E-state index contributed by atoms with van der Waals surface area (Å²) in [6.45, 7) is 10.3. The third-order valence-corrected chi connectivity index (χ3v) is 30.2. The van der Waals surface area contributed by atoms with E-state index in [-0.39, 0.29) is 95.2 Å². The molecule has 0 spiro atoms. The number of nitrogen functional groups attached to an aromatic ring is 1. The number of benzene rings is 6. The Kier molecular flexibility index (Phi) is 37.1. The van der Waals surface area contributed by atoms with E-state index in [1.807, 2.05) is 170 Å². The number of esters is 3. The second-order valence-corrected chi connectivity index (χ2v) is 41.9. The van der Waals surface area contributed by atoms with Gasteiger partial charge in [0.2, 0.25) is 0 Å². The zero-order valence-corrected chi connectivity index (χ0v) is 79.1. The number of halogens is 5. The molecule has 5 aliphatic heterocycles. The molecule has 131 heavy (non-hydrogen) atoms. The number of nitrogens with zero attached hydrogens (tertiary/aromatic N) is 6. The van der Waals surface area contributed by atoms with E-state index in [9.17, 15) is 57.1 Å². The van der Waals surface area contributed by atoms with Crippen LogP contribution in [-0.4, -0.2) is 183 Å². The highest BCUT2D eigenvalue weighted by atomic mass is 35.9. The van der Waals surface area contributed by atoms with E-state index in [4.69, 9.17) is 79.0 Å². The van der Waals surface area contributed by atoms with E-state index in [0.29, 0.717) is 30.3 Å². The normalized spacial score (nSPS) is 23.9. The Morgan fingerprint density at radius 1 is 0.519 bits per heavy atom. The number of rotatable bonds is 34. The number of carbonyl (C=O) groups excluding carboxylic acids is 3. The van der Waals surface area contributed by atoms with Crippen LogP contribution in [0.5, 0.6) is 11.5 Å². The van der Waals surface area contributed by atoms with Crippen molar-refractivity contribution in [2.24, 2.45) is 17.8 Å². The van der Waals surface area contributed by atoms with Crippen LogP contribution in [0.15, 0.2) is 221 Å². The molecule has 32 nitrogen and oxygen atoms in total. The zero-order valence-electron chi connectivity index (χ0n) is 72.5. The maximum Gasteiger partial charge on any atom is 0.475 e. The largest absolute Gasteiger partial charge is 0.497 e. The van der Waals surface area contributed by atoms with Gasteiger partial charge < -0.3 is 54.8 Å². The number of phosphoric ester groups is 2. The molecule has 6 aromatic carbocycles. The van der Waals surface area contributed by atoms with E-state index < -0.39 is 136 Å². The van der Waals surface area contributed by atoms with Crippen molar-refractivity contribution in [2.75, 3.05) is 90.0 Å². The lowest BCUT2D eigenvalue weighted by Crippen LogP contribution is -2.40. The number of thioether (sulfide) groups is 3. The number of nitrogens with one attached hydrogen (secondary N) is 2. The van der Waals surface area contributed by atoms with Crippen molar-refractivity contribution in [1.29, 1.82) is 0 Å². The summed E-state index contributed by atoms with van der Waals surface area (Å²) in [5.41, 5.74) is 6.97. The molecular weight excluding hydrogens is 1870 g/mol. The molecule has 0 saturated carbocycles. The number of aromatic nitrogens is 6. The number of aliphatic hydroxyl groups excluding tert-OH is 2. The first-order valence-corrected chi connectivity index (χ1v) is 51.0. The molecule has 5 fully saturated rings. The van der Waals surface area contributed by atoms with Crippen LogP contribution in [0, 0.1) is 17.8 Å². The van der Waals surface area contributed by atoms with Crippen molar-refractivity contribution < 1.29 is 107 Å². The minimum Gasteiger partial charge on any atom is -0.497 e. The third kappa shape index (κ3) is 25.8. The molecule has 14 rings (SSSR count). The SMILES string of the molecule is CCOC(=O)[C@H](C)CCOP(=O)(Cl)Cl.CCOC(=O)[C@H](C)CCOP1(=O)OC[C@H]2S[C@@H](n3ccc(N)nc3=O)[C@@H](F)C2O1.CCOC(=O)[C@H](C)CCOP1(=O)OC[C@H]2S[C@@H](n3ccc(NC(c4ccccc4)(c4ccccc4)c4ccc(OC)cc4)nc3=O)[C@@H](F)C2O1.COc1ccc(C(Nc2ccn([C@@H]3S[C@H](CO)[C@@H](O)[C@@H]3F)c(=O)n2)(c2ccccc2)c2ccccc2)cc1. The van der Waals surface area contributed by atoms with E-state index in [1.165, 1.54) is 33.8 Å². The van der Waals surface area contributed by atoms with Crippen LogP contribution in [0.1, 0.15) is 110 Å². The summed E-state index contributed by atoms with van der Waals surface area (Å²) in [7, 11) is -4.87. The van der Waals surface area contributed by atoms with Crippen LogP contribution in [-0.2, 0) is 85.0 Å². The number of methoxy groups -OCH3 is 2. The predicted octanol–water partition coefficient (Wildman–Crippen LogP) is 15.8. The van der Waals surface area contributed by atoms with Gasteiger partial charge in [0.25, 0.3) is 0 Å². The number of phosphoric acid groups is 2. The molecule has 0 bridgehead atoms. The van der Waals surface area contributed by atoms with Crippen LogP contribution >= 0.6 is 79.5 Å². The number of carbonyl (C=O) groups is 3. The van der Waals surface area contributed by atoms with Gasteiger partial charge in [-0.25, -0.2) is 36.7 Å². The van der Waals surface area contributed by atoms with Crippen molar-refractivity contribution in [1.82, 2.24) is 28.7 Å². The van der Waals surface area contributed by atoms with Gasteiger partial charge in [0.1, 0.15) is 74.5 Å². The van der Waals surface area contributed by atoms with E-state index in [1.54, 1.807) is 67.9 Å². The highest BCUT2D eigenvalue weighted by Gasteiger charge is 2.56. The highest BCUT2D eigenvalue weighted by Crippen LogP contribution is 2.62. The summed E-state index contributed by atoms with van der Waals surface area (Å²) in [6, 6.07) is 59.4. The fourth-order valence-corrected chi connectivity index (χ4v) is 22.9. The van der Waals surface area contributed by atoms with Crippen molar-refractivity contribution in [2.45, 2.75) is 141 Å². The quantitative estimate of drug-likeness (QED) is 0.0108. The van der Waals surface area contributed by atoms with Crippen molar-refractivity contribution >= 4 is 115 Å². The van der Waals surface area contributed by atoms with Gasteiger partial charge in [0.15, 0.2) is 18.5 Å². The van der Waals surface area contributed by atoms with E-state index >= 15 is 8.78 Å². The summed E-state index contributed by atoms with van der Waals surface area (Å²) >= 11 is 13.6. The number of nitrogens with two attached hydrogens (primary N) is 1. The molecule has 9 aromatic rings. The summed E-state index contributed by atoms with van der Waals surface area (Å²) < 4.78 is 148. The number of hydrogen-bond donors (Lipinski definition) is 5. The Morgan fingerprint density at radius 3 is 1.16 bits per heavy atom. The Balaban J connectivity index is 0.000000182. The number of alkyl halides is 3. The van der Waals surface area contributed by atoms with Gasteiger partial charge in [-0.05, 0) is 138 Å². The van der Waals surface area contributed by atoms with Gasteiger partial charge in [-0.2, -0.15) is 15.0 Å². The first kappa shape index (κ1) is 103. The van der Waals surface area contributed by atoms with Gasteiger partial charge in [-0.1, -0.05) is 166 Å². The second kappa shape index (κ2) is 47.3. The van der Waals surface area contributed by atoms with Gasteiger partial charge in [0, 0.05) is 18.6 Å². The number of hydrogen-bond acceptors (Lipinski definition) is 32. The lowest BCUT2D eigenvalue weighted by Gasteiger charge is -2.37. The lowest BCUT2D eigenvalue weighted by molar-refractivity contribution is -0.148. The maximum atomic E-state index is 16.0. The minimum absolute atomic E-state index is 0.0385. The molecule has 43 heteroatoms. The highest BCUT2D eigenvalue weighted by molar-refractivity contribution is 8.05. The van der Waals surface area contributed by atoms with Crippen LogP contribution in [0.3, 0.4) is 0 Å². The molecular formula is C88H103Cl2F3N9O23P3S3. The molecule has 0 amide bonds. The molecule has 17 atom stereocenters. The molecule has 0 radical (unpaired) electrons. The Labute approximate surface area is 776 Å². The molecule has 6 N–H and O–H groups in total. The van der Waals surface area contributed by atoms with Gasteiger partial charge >= 0.3 is 56.7 Å². The van der Waals surface area contributed by atoms with Crippen molar-refractivity contribution in [3.05, 3.63) is 271 Å². The topological polar surface area (TPSA) is 408 Å². The molecule has 706 valence electrons. The number of fused-ring (bicyclic) bond motifs is 2. The zero-order chi connectivity index (χ0) is 94.4. The molecule has 3 aromatic heterocycles. The Hall–Kier alpha value is -8.88. The first-order valence-electron chi connectivity index (χ1n) is 41.8. The third-order valence-electron chi connectivity index (χ3n) is 21.6. The fraction of sp³-hybridized carbons (Fsp3) is 0.420. The van der Waals surface area contributed by atoms with Gasteiger partial charge in [0.05, 0.1) is 107 Å². The first-order chi connectivity index (χ1) is 62.7. The van der Waals surface area contributed by atoms with Crippen molar-refractivity contribution in [3.63, 3.8) is 0 Å². The average Bonchev–Trinajstić information content (AvgIpc) is 1.15. The summed E-state index contributed by atoms with van der Waals surface area (Å²) in [4.78, 5) is 85.6. The Morgan fingerprint density at radius 2 is 0.847 bits per heavy atom. The number of aliphatic hydroxyl groups is 2. The summed E-state index contributed by atoms with van der Waals surface area (Å²) in [5.74, 6) is -0.327. The van der Waals surface area contributed by atoms with Crippen LogP contribution < -0.4 is 42.9 Å². The fourth-order valence-electron chi connectivity index (χ4n) is 14.7. The molecule has 8 heterocycles. The predicted molar refractivity (Wildman–Crippen MR) is 493 cm³/mol. The van der Waals surface area contributed by atoms with Crippen LogP contribution in [0.25, 0.3) is 0 Å². The molecule has 4 unspecified atom stereocenters. The van der Waals surface area contributed by atoms with E-state index in [2.05, 4.69) is 30.1 Å². The number of ether oxygens (including phenoxy) is 5. The van der Waals surface area contributed by atoms with E-state index in [0.717, 1.165) is 73.2 Å². The monoisotopic (exact) mass is 1970 g/mol. The van der Waals surface area contributed by atoms with Gasteiger partial charge in [-0.3, -0.25) is 59.8 Å². The smallest absolute Gasteiger partial charge is 0.475 e. The lowest BCUT2D eigenvalue weighted by atomic mass is 9.77. The minimum atomic E-state index is -4.10. The standard InChI is InChI=1S/C36H39FN3O8PS.C29H28FN3O4S.C16H23FN3O7PS.C7H13Cl2O4P/c1-4-45-34(41)24(2)20-22-46-49(43)47-23-29-32(48-49)31(37)33(50-29)40-21-19-30(38-35(40)42)39-36(25-11-7-5-8-12-25,26-13-9-6-10-14-26)27-15-17-28(44-3)18-16-27;1-37-22-14-12-21(13-15-22)29(19-8-4-2-5-9-19,20-10-6-3-7-11-20)32-24-16-17-33(28(36)31-24)27-25(30)26(35)23(18-34)38-27;1-3-24-15(21)9(2)5-7-25-28(23)26-8-10-13(27-28)12(17)14(29-10)20-6-4-11(18)19-16(20)22;1-3-12-7(10)6(2)4-5-13-14(8,9)11/h5-19,21,24,29,31-33H,4,20,22-23H2,1-3H3,(H,38,39,42);2-17,23,25-27,34-35H,18H2,1H3,(H,31,32,36);4,6,9-10,12-14H,3,5,7-8H2,1-2H3,(H2,18,19,22);6H,3-5H2,1-2H3/t24-,29-,31+,32?,33-,49?;23-,25+,26-,27-;9-,10-,12+,13?,14-,28?;6-/m1111/s1. The molecule has 5 saturated heterocycles. The summed E-state index contributed by atoms with van der Waals surface area (Å²) in [5, 5.41) is 22.0. The number of anilines is 3. The molecule has 0 aliphatic carbocycles. The van der Waals surface area contributed by atoms with Crippen LogP contribution in [0.4, 0.5) is 30.6 Å². The Bertz CT molecular complexity index is 5520. The average molecular weight is 1970 g/mol. The van der Waals surface area contributed by atoms with Crippen molar-refractivity contribution in [3.8, 4) is 11.5 Å². The summed E-state index contributed by atoms with van der Waals surface area (Å²) in [6.07, 6.45) is -6.93.